The number of amides is 2. The van der Waals surface area contributed by atoms with Gasteiger partial charge in [-0.05, 0) is 12.3 Å². The molecule has 1 saturated carbocycles. The Balaban J connectivity index is 2.23. The molecule has 2 amide bonds. The first-order valence-electron chi connectivity index (χ1n) is 5.16. The molecule has 1 fully saturated rings. The number of nitrogens with two attached hydrogens (primary N) is 1. The van der Waals surface area contributed by atoms with Gasteiger partial charge in [0.1, 0.15) is 0 Å². The first-order chi connectivity index (χ1) is 6.61. The minimum Gasteiger partial charge on any atom is -0.361 e. The zero-order chi connectivity index (χ0) is 10.6. The number of nitrogens with zero attached hydrogens (tertiary/aromatic N) is 1. The molecular weight excluding hydrogens is 180 g/mol. The highest BCUT2D eigenvalue weighted by Gasteiger charge is 2.18. The molecule has 0 heterocycles. The van der Waals surface area contributed by atoms with Crippen molar-refractivity contribution in [3.8, 4) is 0 Å². The minimum absolute atomic E-state index is 0.581. The fourth-order valence-electron chi connectivity index (χ4n) is 1.96. The number of hydrogen-bond acceptors (Lipinski definition) is 2. The van der Waals surface area contributed by atoms with Crippen LogP contribution in [0.2, 0.25) is 0 Å². The Morgan fingerprint density at radius 3 is 2.43 bits per heavy atom. The normalized spacial score (nSPS) is 16.9. The SMILES string of the molecule is CN(CCC1CCCC1)C(=O)C(N)=O. The molecule has 0 aromatic heterocycles. The first-order valence-corrected chi connectivity index (χ1v) is 5.16. The van der Waals surface area contributed by atoms with Gasteiger partial charge in [0.05, 0.1) is 0 Å². The second kappa shape index (κ2) is 4.98. The van der Waals surface area contributed by atoms with E-state index in [4.69, 9.17) is 5.73 Å². The average Bonchev–Trinajstić information content (AvgIpc) is 2.65. The van der Waals surface area contributed by atoms with E-state index in [1.54, 1.807) is 7.05 Å². The molecule has 1 aliphatic carbocycles. The van der Waals surface area contributed by atoms with Crippen LogP contribution in [0.5, 0.6) is 0 Å². The second-order valence-corrected chi connectivity index (χ2v) is 4.03. The van der Waals surface area contributed by atoms with Crippen LogP contribution in [-0.4, -0.2) is 30.3 Å². The van der Waals surface area contributed by atoms with Gasteiger partial charge in [0.15, 0.2) is 0 Å². The van der Waals surface area contributed by atoms with Crippen LogP contribution in [0.1, 0.15) is 32.1 Å². The summed E-state index contributed by atoms with van der Waals surface area (Å²) in [7, 11) is 1.63. The highest BCUT2D eigenvalue weighted by molar-refractivity contribution is 6.34. The molecule has 0 aromatic rings. The maximum Gasteiger partial charge on any atom is 0.311 e. The topological polar surface area (TPSA) is 63.4 Å². The van der Waals surface area contributed by atoms with Gasteiger partial charge in [-0.2, -0.15) is 0 Å². The summed E-state index contributed by atoms with van der Waals surface area (Å²) in [5.41, 5.74) is 4.89. The van der Waals surface area contributed by atoms with E-state index in [-0.39, 0.29) is 0 Å². The fourth-order valence-corrected chi connectivity index (χ4v) is 1.96. The van der Waals surface area contributed by atoms with Gasteiger partial charge in [-0.15, -0.1) is 0 Å². The van der Waals surface area contributed by atoms with Crippen LogP contribution < -0.4 is 5.73 Å². The molecule has 0 aliphatic heterocycles. The van der Waals surface area contributed by atoms with Crippen molar-refractivity contribution in [3.05, 3.63) is 0 Å². The van der Waals surface area contributed by atoms with Gasteiger partial charge in [0.2, 0.25) is 0 Å². The Labute approximate surface area is 84.4 Å². The number of carbonyl (C=O) groups is 2. The molecule has 1 aliphatic rings. The lowest BCUT2D eigenvalue weighted by atomic mass is 10.0. The van der Waals surface area contributed by atoms with E-state index >= 15 is 0 Å². The predicted molar refractivity (Wildman–Crippen MR) is 53.4 cm³/mol. The van der Waals surface area contributed by atoms with Crippen LogP contribution in [-0.2, 0) is 9.59 Å². The van der Waals surface area contributed by atoms with E-state index < -0.39 is 11.8 Å². The van der Waals surface area contributed by atoms with Crippen molar-refractivity contribution in [1.82, 2.24) is 4.90 Å². The second-order valence-electron chi connectivity index (χ2n) is 4.03. The molecule has 14 heavy (non-hydrogen) atoms. The zero-order valence-corrected chi connectivity index (χ0v) is 8.66. The van der Waals surface area contributed by atoms with E-state index in [1.165, 1.54) is 30.6 Å². The van der Waals surface area contributed by atoms with E-state index in [1.807, 2.05) is 0 Å². The standard InChI is InChI=1S/C10H18N2O2/c1-12(10(14)9(11)13)7-6-8-4-2-3-5-8/h8H,2-7H2,1H3,(H2,11,13). The highest BCUT2D eigenvalue weighted by Crippen LogP contribution is 2.27. The van der Waals surface area contributed by atoms with Crippen molar-refractivity contribution in [2.45, 2.75) is 32.1 Å². The molecule has 2 N–H and O–H groups in total. The van der Waals surface area contributed by atoms with Crippen LogP contribution >= 0.6 is 0 Å². The van der Waals surface area contributed by atoms with Gasteiger partial charge >= 0.3 is 11.8 Å². The number of likely N-dealkylation sites (N-methyl/N-ethyl adjacent to an activating group) is 1. The number of rotatable bonds is 3. The lowest BCUT2D eigenvalue weighted by Gasteiger charge is -2.17. The largest absolute Gasteiger partial charge is 0.361 e. The van der Waals surface area contributed by atoms with Crippen molar-refractivity contribution in [1.29, 1.82) is 0 Å². The lowest BCUT2D eigenvalue weighted by Crippen LogP contribution is -2.38. The number of hydrogen-bond donors (Lipinski definition) is 1. The molecule has 0 aromatic carbocycles. The third-order valence-corrected chi connectivity index (χ3v) is 2.90. The van der Waals surface area contributed by atoms with E-state index in [9.17, 15) is 9.59 Å². The molecule has 4 nitrogen and oxygen atoms in total. The summed E-state index contributed by atoms with van der Waals surface area (Å²) in [6.07, 6.45) is 6.13. The zero-order valence-electron chi connectivity index (χ0n) is 8.66. The minimum atomic E-state index is -0.862. The first kappa shape index (κ1) is 11.0. The summed E-state index contributed by atoms with van der Waals surface area (Å²) in [6, 6.07) is 0. The maximum atomic E-state index is 11.1. The number of carbonyl (C=O) groups excluding carboxylic acids is 2. The monoisotopic (exact) mass is 198 g/mol. The molecule has 0 radical (unpaired) electrons. The van der Waals surface area contributed by atoms with Gasteiger partial charge in [0, 0.05) is 13.6 Å². The molecule has 0 saturated heterocycles. The van der Waals surface area contributed by atoms with Crippen molar-refractivity contribution in [3.63, 3.8) is 0 Å². The molecule has 4 heteroatoms. The van der Waals surface area contributed by atoms with Gasteiger partial charge in [-0.1, -0.05) is 25.7 Å². The van der Waals surface area contributed by atoms with E-state index in [0.717, 1.165) is 12.3 Å². The summed E-state index contributed by atoms with van der Waals surface area (Å²) >= 11 is 0. The number of primary amides is 1. The summed E-state index contributed by atoms with van der Waals surface area (Å²) in [4.78, 5) is 23.1. The van der Waals surface area contributed by atoms with Gasteiger partial charge in [0.25, 0.3) is 0 Å². The highest BCUT2D eigenvalue weighted by atomic mass is 16.2. The third kappa shape index (κ3) is 3.01. The van der Waals surface area contributed by atoms with Crippen LogP contribution in [0.15, 0.2) is 0 Å². The molecule has 80 valence electrons. The molecule has 0 atom stereocenters. The Morgan fingerprint density at radius 2 is 1.93 bits per heavy atom. The van der Waals surface area contributed by atoms with Gasteiger partial charge in [-0.3, -0.25) is 9.59 Å². The smallest absolute Gasteiger partial charge is 0.311 e. The van der Waals surface area contributed by atoms with Gasteiger partial charge in [-0.25, -0.2) is 0 Å². The summed E-state index contributed by atoms with van der Waals surface area (Å²) < 4.78 is 0. The van der Waals surface area contributed by atoms with Crippen molar-refractivity contribution < 1.29 is 9.59 Å². The van der Waals surface area contributed by atoms with E-state index in [2.05, 4.69) is 0 Å². The average molecular weight is 198 g/mol. The third-order valence-electron chi connectivity index (χ3n) is 2.90. The van der Waals surface area contributed by atoms with Crippen LogP contribution in [0.4, 0.5) is 0 Å². The molecule has 0 unspecified atom stereocenters. The molecule has 0 spiro atoms. The van der Waals surface area contributed by atoms with Crippen LogP contribution in [0.3, 0.4) is 0 Å². The van der Waals surface area contributed by atoms with Crippen molar-refractivity contribution >= 4 is 11.8 Å². The Morgan fingerprint density at radius 1 is 1.36 bits per heavy atom. The quantitative estimate of drug-likeness (QED) is 0.671. The van der Waals surface area contributed by atoms with Crippen molar-refractivity contribution in [2.75, 3.05) is 13.6 Å². The Hall–Kier alpha value is -1.06. The maximum absolute atomic E-state index is 11.1. The molecule has 1 rings (SSSR count). The van der Waals surface area contributed by atoms with Gasteiger partial charge < -0.3 is 10.6 Å². The van der Waals surface area contributed by atoms with Crippen molar-refractivity contribution in [2.24, 2.45) is 11.7 Å². The van der Waals surface area contributed by atoms with Crippen LogP contribution in [0.25, 0.3) is 0 Å². The van der Waals surface area contributed by atoms with E-state index in [0.29, 0.717) is 6.54 Å². The Bertz CT molecular complexity index is 222. The summed E-state index contributed by atoms with van der Waals surface area (Å²) in [6.45, 7) is 0.645. The molecular formula is C10H18N2O2. The molecule has 0 bridgehead atoms. The van der Waals surface area contributed by atoms with Crippen LogP contribution in [0, 0.1) is 5.92 Å². The lowest BCUT2D eigenvalue weighted by molar-refractivity contribution is -0.143. The fraction of sp³-hybridized carbons (Fsp3) is 0.800. The Kier molecular flexibility index (Phi) is 3.92. The summed E-state index contributed by atoms with van der Waals surface area (Å²) in [5, 5.41) is 0. The summed E-state index contributed by atoms with van der Waals surface area (Å²) in [5.74, 6) is -0.708. The predicted octanol–water partition coefficient (Wildman–Crippen LogP) is 0.510.